The highest BCUT2D eigenvalue weighted by Crippen LogP contribution is 2.42. The van der Waals surface area contributed by atoms with Gasteiger partial charge in [0.15, 0.2) is 8.32 Å². The molecule has 0 N–H and O–H groups in total. The van der Waals surface area contributed by atoms with Gasteiger partial charge in [-0.3, -0.25) is 0 Å². The monoisotopic (exact) mass is 466 g/mol. The number of terminal acetylenes is 1. The molecule has 0 aliphatic carbocycles. The van der Waals surface area contributed by atoms with E-state index in [9.17, 15) is 8.42 Å². The van der Waals surface area contributed by atoms with Gasteiger partial charge in [-0.05, 0) is 60.9 Å². The van der Waals surface area contributed by atoms with Crippen LogP contribution in [0.4, 0.5) is 0 Å². The van der Waals surface area contributed by atoms with E-state index in [-0.39, 0.29) is 10.8 Å². The summed E-state index contributed by atoms with van der Waals surface area (Å²) < 4.78 is 37.0. The van der Waals surface area contributed by atoms with E-state index < -0.39 is 24.5 Å². The Morgan fingerprint density at radius 2 is 1.48 bits per heavy atom. The van der Waals surface area contributed by atoms with Crippen molar-refractivity contribution in [3.63, 3.8) is 0 Å². The summed E-state index contributed by atoms with van der Waals surface area (Å²) in [6, 6.07) is 6.60. The topological polar surface area (TPSA) is 52.6 Å². The van der Waals surface area contributed by atoms with Crippen molar-refractivity contribution in [3.05, 3.63) is 29.8 Å². The van der Waals surface area contributed by atoms with Crippen LogP contribution in [0, 0.1) is 25.2 Å². The lowest BCUT2D eigenvalue weighted by Crippen LogP contribution is -2.48. The van der Waals surface area contributed by atoms with Crippen LogP contribution in [0.25, 0.3) is 0 Å². The predicted octanol–water partition coefficient (Wildman–Crippen LogP) is 6.70. The van der Waals surface area contributed by atoms with E-state index >= 15 is 0 Å². The van der Waals surface area contributed by atoms with Gasteiger partial charge < -0.3 is 4.43 Å². The molecule has 6 heteroatoms. The molecule has 0 heterocycles. The Morgan fingerprint density at radius 1 is 0.968 bits per heavy atom. The van der Waals surface area contributed by atoms with Crippen molar-refractivity contribution in [1.29, 1.82) is 0 Å². The maximum atomic E-state index is 12.5. The molecule has 0 aliphatic rings. The number of aryl methyl sites for hydroxylation is 1. The van der Waals surface area contributed by atoms with E-state index in [0.29, 0.717) is 23.0 Å². The summed E-state index contributed by atoms with van der Waals surface area (Å²) >= 11 is 0. The van der Waals surface area contributed by atoms with Gasteiger partial charge in [0, 0.05) is 6.61 Å². The summed E-state index contributed by atoms with van der Waals surface area (Å²) in [6.45, 7) is 18.5. The minimum atomic E-state index is -3.87. The van der Waals surface area contributed by atoms with E-state index in [1.54, 1.807) is 24.3 Å². The molecule has 2 atom stereocenters. The lowest BCUT2D eigenvalue weighted by molar-refractivity contribution is 0.215. The smallest absolute Gasteiger partial charge is 0.298 e. The molecule has 1 aromatic carbocycles. The van der Waals surface area contributed by atoms with Crippen LogP contribution in [-0.2, 0) is 18.7 Å². The molecule has 1 aromatic rings. The normalized spacial score (nSPS) is 14.8. The average Bonchev–Trinajstić information content (AvgIpc) is 2.66. The minimum absolute atomic E-state index is 0.136. The van der Waals surface area contributed by atoms with Crippen molar-refractivity contribution < 1.29 is 17.0 Å². The summed E-state index contributed by atoms with van der Waals surface area (Å²) in [5.74, 6) is 2.75. The fourth-order valence-electron chi connectivity index (χ4n) is 4.71. The molecule has 0 aromatic heterocycles. The maximum Gasteiger partial charge on any atom is 0.298 e. The fraction of sp³-hybridized carbons (Fsp3) is 0.680. The first kappa shape index (κ1) is 27.9. The van der Waals surface area contributed by atoms with Crippen molar-refractivity contribution >= 4 is 18.4 Å². The second kappa shape index (κ2) is 12.2. The third-order valence-electron chi connectivity index (χ3n) is 6.26. The Bertz CT molecular complexity index is 785. The van der Waals surface area contributed by atoms with Gasteiger partial charge >= 0.3 is 0 Å². The Kier molecular flexibility index (Phi) is 11.0. The van der Waals surface area contributed by atoms with Crippen molar-refractivity contribution in [2.24, 2.45) is 5.92 Å². The van der Waals surface area contributed by atoms with Crippen LogP contribution in [0.1, 0.15) is 73.3 Å². The van der Waals surface area contributed by atoms with Crippen LogP contribution >= 0.6 is 0 Å². The van der Waals surface area contributed by atoms with Gasteiger partial charge in [-0.25, -0.2) is 4.18 Å². The fourth-order valence-corrected chi connectivity index (χ4v) is 11.2. The van der Waals surface area contributed by atoms with Crippen molar-refractivity contribution in [2.75, 3.05) is 6.61 Å². The molecule has 176 valence electrons. The van der Waals surface area contributed by atoms with E-state index in [0.717, 1.165) is 25.0 Å². The zero-order valence-electron chi connectivity index (χ0n) is 20.6. The Labute approximate surface area is 192 Å². The van der Waals surface area contributed by atoms with Crippen molar-refractivity contribution in [3.8, 4) is 12.3 Å². The molecule has 31 heavy (non-hydrogen) atoms. The first-order valence-corrected chi connectivity index (χ1v) is 15.0. The summed E-state index contributed by atoms with van der Waals surface area (Å²) in [5.41, 5.74) is 2.69. The zero-order chi connectivity index (χ0) is 23.8. The Hall–Kier alpha value is -1.13. The highest BCUT2D eigenvalue weighted by atomic mass is 32.2. The summed E-state index contributed by atoms with van der Waals surface area (Å²) in [7, 11) is -5.72. The number of hydrogen-bond donors (Lipinski definition) is 0. The molecule has 0 bridgehead atoms. The average molecular weight is 467 g/mol. The van der Waals surface area contributed by atoms with Crippen LogP contribution in [0.2, 0.25) is 16.6 Å². The van der Waals surface area contributed by atoms with E-state index in [4.69, 9.17) is 15.0 Å². The van der Waals surface area contributed by atoms with Crippen LogP contribution in [0.15, 0.2) is 29.2 Å². The van der Waals surface area contributed by atoms with Gasteiger partial charge in [-0.15, -0.1) is 6.42 Å². The van der Waals surface area contributed by atoms with Crippen LogP contribution in [0.3, 0.4) is 0 Å². The molecule has 4 nitrogen and oxygen atoms in total. The number of benzene rings is 1. The summed E-state index contributed by atoms with van der Waals surface area (Å²) in [6.07, 6.45) is 7.18. The molecule has 0 fully saturated rings. The van der Waals surface area contributed by atoms with Gasteiger partial charge in [0.2, 0.25) is 0 Å². The van der Waals surface area contributed by atoms with Crippen LogP contribution in [0.5, 0.6) is 0 Å². The first-order valence-electron chi connectivity index (χ1n) is 11.5. The summed E-state index contributed by atoms with van der Waals surface area (Å²) in [5, 5.41) is 0. The van der Waals surface area contributed by atoms with E-state index in [1.165, 1.54) is 0 Å². The largest absolute Gasteiger partial charge is 0.416 e. The third-order valence-corrected chi connectivity index (χ3v) is 13.7. The predicted molar refractivity (Wildman–Crippen MR) is 132 cm³/mol. The lowest BCUT2D eigenvalue weighted by atomic mass is 9.99. The van der Waals surface area contributed by atoms with Gasteiger partial charge in [0.25, 0.3) is 10.1 Å². The molecule has 0 radical (unpaired) electrons. The molecule has 0 amide bonds. The van der Waals surface area contributed by atoms with E-state index in [2.05, 4.69) is 54.4 Å². The summed E-state index contributed by atoms with van der Waals surface area (Å²) in [4.78, 5) is 0.136. The number of hydrogen-bond acceptors (Lipinski definition) is 4. The quantitative estimate of drug-likeness (QED) is 0.140. The van der Waals surface area contributed by atoms with E-state index in [1.807, 2.05) is 6.92 Å². The standard InChI is InChI=1S/C25H42O4SSi/c1-10-24(29-30(26,27)25-15-13-22(8)14-16-25)18-23(9)12-11-17-28-31(19(2)3,20(4)5)21(6)7/h1,13-16,19-21,23-24H,11-12,17-18H2,2-9H3/t23-,24+/m0/s1. The minimum Gasteiger partial charge on any atom is -0.416 e. The van der Waals surface area contributed by atoms with Gasteiger partial charge in [-0.1, -0.05) is 72.1 Å². The molecule has 0 saturated heterocycles. The van der Waals surface area contributed by atoms with Crippen molar-refractivity contribution in [1.82, 2.24) is 0 Å². The molecule has 0 spiro atoms. The Balaban J connectivity index is 2.61. The zero-order valence-corrected chi connectivity index (χ0v) is 22.5. The Morgan fingerprint density at radius 3 is 1.94 bits per heavy atom. The highest BCUT2D eigenvalue weighted by Gasteiger charge is 2.44. The second-order valence-corrected chi connectivity index (χ2v) is 16.7. The number of rotatable bonds is 13. The molecular formula is C25H42O4SSi. The molecule has 1 rings (SSSR count). The second-order valence-electron chi connectivity index (χ2n) is 9.67. The molecule has 0 unspecified atom stereocenters. The highest BCUT2D eigenvalue weighted by molar-refractivity contribution is 7.86. The van der Waals surface area contributed by atoms with Gasteiger partial charge in [0.1, 0.15) is 6.10 Å². The molecular weight excluding hydrogens is 424 g/mol. The van der Waals surface area contributed by atoms with Crippen molar-refractivity contribution in [2.45, 2.75) is 102 Å². The van der Waals surface area contributed by atoms with Gasteiger partial charge in [0.05, 0.1) is 4.90 Å². The van der Waals surface area contributed by atoms with Crippen LogP contribution < -0.4 is 0 Å². The molecule has 0 saturated carbocycles. The first-order chi connectivity index (χ1) is 14.4. The lowest BCUT2D eigenvalue weighted by Gasteiger charge is -2.42. The molecule has 0 aliphatic heterocycles. The van der Waals surface area contributed by atoms with Gasteiger partial charge in [-0.2, -0.15) is 8.42 Å². The maximum absolute atomic E-state index is 12.5. The third kappa shape index (κ3) is 7.75. The SMILES string of the molecule is C#C[C@H](C[C@@H](C)CCCO[Si](C(C)C)(C(C)C)C(C)C)OS(=O)(=O)c1ccc(C)cc1. The van der Waals surface area contributed by atoms with Crippen LogP contribution in [-0.4, -0.2) is 29.4 Å².